The first-order chi connectivity index (χ1) is 21.1. The van der Waals surface area contributed by atoms with Gasteiger partial charge in [0.05, 0.1) is 26.2 Å². The Bertz CT molecular complexity index is 1220. The molecule has 8 heteroatoms. The molecule has 0 aliphatic carbocycles. The number of hydrogen-bond acceptors (Lipinski definition) is 7. The third kappa shape index (κ3) is 14.0. The van der Waals surface area contributed by atoms with Gasteiger partial charge in [-0.15, -0.1) is 0 Å². The molecule has 3 rings (SSSR count). The monoisotopic (exact) mass is 610 g/mol. The van der Waals surface area contributed by atoms with E-state index in [0.29, 0.717) is 37.2 Å². The largest absolute Gasteiger partial charge is 0.465 e. The summed E-state index contributed by atoms with van der Waals surface area (Å²) in [6.07, 6.45) is -0.125. The number of rotatable bonds is 12. The van der Waals surface area contributed by atoms with Crippen LogP contribution < -0.4 is 0 Å². The van der Waals surface area contributed by atoms with Gasteiger partial charge >= 0.3 is 17.9 Å². The lowest BCUT2D eigenvalue weighted by Crippen LogP contribution is -2.16. The molecule has 0 aliphatic rings. The summed E-state index contributed by atoms with van der Waals surface area (Å²) < 4.78 is 28.3. The Hall–Kier alpha value is -4.04. The molecule has 0 saturated carbocycles. The topological polar surface area (TPSA) is 99.1 Å². The fourth-order valence-electron chi connectivity index (χ4n) is 3.81. The van der Waals surface area contributed by atoms with Gasteiger partial charge in [-0.25, -0.2) is 14.0 Å². The zero-order valence-corrected chi connectivity index (χ0v) is 26.8. The van der Waals surface area contributed by atoms with Gasteiger partial charge in [0.2, 0.25) is 6.17 Å². The summed E-state index contributed by atoms with van der Waals surface area (Å²) in [4.78, 5) is 33.9. The van der Waals surface area contributed by atoms with E-state index in [1.54, 1.807) is 37.3 Å². The van der Waals surface area contributed by atoms with Crippen molar-refractivity contribution in [3.8, 4) is 0 Å². The zero-order valence-electron chi connectivity index (χ0n) is 26.8. The highest BCUT2D eigenvalue weighted by molar-refractivity contribution is 5.77. The quantitative estimate of drug-likeness (QED) is 0.168. The second kappa shape index (κ2) is 21.6. The zero-order chi connectivity index (χ0) is 32.9. The number of benzene rings is 3. The lowest BCUT2D eigenvalue weighted by molar-refractivity contribution is -0.154. The van der Waals surface area contributed by atoms with E-state index in [4.69, 9.17) is 14.2 Å². The minimum Gasteiger partial charge on any atom is -0.465 e. The average Bonchev–Trinajstić information content (AvgIpc) is 3.03. The summed E-state index contributed by atoms with van der Waals surface area (Å²) in [5, 5.41) is 9.72. The van der Waals surface area contributed by atoms with Gasteiger partial charge in [-0.3, -0.25) is 4.79 Å². The van der Waals surface area contributed by atoms with Crippen LogP contribution in [-0.4, -0.2) is 42.8 Å². The van der Waals surface area contributed by atoms with Crippen LogP contribution in [0.25, 0.3) is 0 Å². The highest BCUT2D eigenvalue weighted by atomic mass is 19.1. The van der Waals surface area contributed by atoms with Crippen molar-refractivity contribution in [2.75, 3.05) is 19.8 Å². The predicted molar refractivity (Wildman–Crippen MR) is 170 cm³/mol. The smallest absolute Gasteiger partial charge is 0.345 e. The highest BCUT2D eigenvalue weighted by Crippen LogP contribution is 2.22. The summed E-state index contributed by atoms with van der Waals surface area (Å²) in [5.74, 6) is -1.52. The number of aryl methyl sites for hydroxylation is 3. The van der Waals surface area contributed by atoms with E-state index in [-0.39, 0.29) is 12.6 Å². The molecule has 3 aromatic carbocycles. The Morgan fingerprint density at radius 3 is 1.57 bits per heavy atom. The number of esters is 3. The van der Waals surface area contributed by atoms with Crippen LogP contribution in [0.2, 0.25) is 0 Å². The summed E-state index contributed by atoms with van der Waals surface area (Å²) in [6, 6.07) is 22.0. The maximum Gasteiger partial charge on any atom is 0.345 e. The number of alkyl halides is 1. The molecule has 240 valence electrons. The van der Waals surface area contributed by atoms with Gasteiger partial charge in [0.1, 0.15) is 0 Å². The summed E-state index contributed by atoms with van der Waals surface area (Å²) in [6.45, 7) is 12.5. The standard InChI is InChI=1S/C12H15FO2.C12H16O3.C12H16O2/c2*1-3-8-15-12(14)11(13)10-7-5-4-6-9(10)2;1-3-8-14-12(13)9-11-7-5-4-6-10(11)2/h4-7,11H,3,8H2,1-2H3;4-7,11,13H,3,8H2,1-2H3;4-7H,3,8-9H2,1-2H3/t2*11-;/m10./s1. The van der Waals surface area contributed by atoms with Crippen molar-refractivity contribution in [3.05, 3.63) is 106 Å². The number of halogens is 1. The number of ether oxygens (including phenoxy) is 3. The Morgan fingerprint density at radius 2 is 1.07 bits per heavy atom. The van der Waals surface area contributed by atoms with Crippen molar-refractivity contribution >= 4 is 17.9 Å². The van der Waals surface area contributed by atoms with Crippen molar-refractivity contribution in [1.82, 2.24) is 0 Å². The molecular formula is C36H47FO7. The van der Waals surface area contributed by atoms with Crippen molar-refractivity contribution in [1.29, 1.82) is 0 Å². The molecule has 3 aromatic rings. The van der Waals surface area contributed by atoms with Crippen LogP contribution in [0.4, 0.5) is 4.39 Å². The fraction of sp³-hybridized carbons (Fsp3) is 0.417. The van der Waals surface area contributed by atoms with E-state index >= 15 is 0 Å². The molecular weight excluding hydrogens is 563 g/mol. The van der Waals surface area contributed by atoms with Crippen LogP contribution in [0.3, 0.4) is 0 Å². The Balaban J connectivity index is 0.000000330. The van der Waals surface area contributed by atoms with Crippen molar-refractivity contribution in [2.45, 2.75) is 79.5 Å². The molecule has 0 unspecified atom stereocenters. The van der Waals surface area contributed by atoms with Crippen LogP contribution in [0.15, 0.2) is 72.8 Å². The molecule has 7 nitrogen and oxygen atoms in total. The number of carbonyl (C=O) groups excluding carboxylic acids is 3. The van der Waals surface area contributed by atoms with E-state index in [1.807, 2.05) is 77.1 Å². The van der Waals surface area contributed by atoms with Crippen LogP contribution in [-0.2, 0) is 35.0 Å². The maximum absolute atomic E-state index is 13.6. The molecule has 1 N–H and O–H groups in total. The number of aliphatic hydroxyl groups excluding tert-OH is 1. The van der Waals surface area contributed by atoms with Gasteiger partial charge in [-0.05, 0) is 67.9 Å². The minimum atomic E-state index is -1.67. The van der Waals surface area contributed by atoms with Gasteiger partial charge < -0.3 is 19.3 Å². The first kappa shape index (κ1) is 38.0. The minimum absolute atomic E-state index is 0.138. The molecule has 2 atom stereocenters. The van der Waals surface area contributed by atoms with E-state index < -0.39 is 24.2 Å². The molecule has 0 radical (unpaired) electrons. The predicted octanol–water partition coefficient (Wildman–Crippen LogP) is 7.43. The molecule has 0 aliphatic heterocycles. The van der Waals surface area contributed by atoms with Crippen LogP contribution in [0, 0.1) is 20.8 Å². The highest BCUT2D eigenvalue weighted by Gasteiger charge is 2.22. The van der Waals surface area contributed by atoms with E-state index in [1.165, 1.54) is 0 Å². The van der Waals surface area contributed by atoms with Crippen LogP contribution >= 0.6 is 0 Å². The molecule has 0 bridgehead atoms. The number of aliphatic hydroxyl groups is 1. The molecule has 0 aromatic heterocycles. The van der Waals surface area contributed by atoms with Crippen molar-refractivity contribution < 1.29 is 38.1 Å². The van der Waals surface area contributed by atoms with Crippen molar-refractivity contribution in [3.63, 3.8) is 0 Å². The maximum atomic E-state index is 13.6. The summed E-state index contributed by atoms with van der Waals surface area (Å²) in [5.41, 5.74) is 4.84. The number of carbonyl (C=O) groups is 3. The molecule has 0 spiro atoms. The molecule has 0 fully saturated rings. The lowest BCUT2D eigenvalue weighted by Gasteiger charge is -2.12. The van der Waals surface area contributed by atoms with Crippen LogP contribution in [0.5, 0.6) is 0 Å². The second-order valence-corrected chi connectivity index (χ2v) is 10.1. The Labute approximate surface area is 261 Å². The third-order valence-electron chi connectivity index (χ3n) is 6.33. The van der Waals surface area contributed by atoms with Gasteiger partial charge in [0, 0.05) is 5.56 Å². The lowest BCUT2D eigenvalue weighted by atomic mass is 10.0. The first-order valence-corrected chi connectivity index (χ1v) is 15.0. The van der Waals surface area contributed by atoms with Gasteiger partial charge in [-0.1, -0.05) is 93.6 Å². The Kier molecular flexibility index (Phi) is 18.7. The molecule has 0 saturated heterocycles. The SMILES string of the molecule is CCCOC(=O)Cc1ccccc1C.CCCOC(=O)[C@@H](O)c1ccccc1C.CCCOC(=O)[C@H](F)c1ccccc1C. The van der Waals surface area contributed by atoms with E-state index in [0.717, 1.165) is 35.1 Å². The third-order valence-corrected chi connectivity index (χ3v) is 6.33. The normalized spacial score (nSPS) is 11.5. The first-order valence-electron chi connectivity index (χ1n) is 15.0. The molecule has 0 amide bonds. The second-order valence-electron chi connectivity index (χ2n) is 10.1. The number of hydrogen-bond donors (Lipinski definition) is 1. The molecule has 44 heavy (non-hydrogen) atoms. The summed E-state index contributed by atoms with van der Waals surface area (Å²) in [7, 11) is 0. The van der Waals surface area contributed by atoms with E-state index in [2.05, 4.69) is 0 Å². The van der Waals surface area contributed by atoms with Crippen LogP contribution in [0.1, 0.15) is 85.7 Å². The average molecular weight is 611 g/mol. The Morgan fingerprint density at radius 1 is 0.636 bits per heavy atom. The van der Waals surface area contributed by atoms with E-state index in [9.17, 15) is 23.9 Å². The fourth-order valence-corrected chi connectivity index (χ4v) is 3.81. The summed E-state index contributed by atoms with van der Waals surface area (Å²) >= 11 is 0. The van der Waals surface area contributed by atoms with Crippen molar-refractivity contribution in [2.24, 2.45) is 0 Å². The van der Waals surface area contributed by atoms with Gasteiger partial charge in [0.25, 0.3) is 0 Å². The van der Waals surface area contributed by atoms with Gasteiger partial charge in [0.15, 0.2) is 6.10 Å². The molecule has 0 heterocycles. The van der Waals surface area contributed by atoms with Gasteiger partial charge in [-0.2, -0.15) is 0 Å².